The number of ether oxygens (including phenoxy) is 2. The first-order valence-electron chi connectivity index (χ1n) is 16.2. The van der Waals surface area contributed by atoms with E-state index in [1.54, 1.807) is 36.1 Å². The zero-order valence-electron chi connectivity index (χ0n) is 28.5. The van der Waals surface area contributed by atoms with Gasteiger partial charge in [0.05, 0.1) is 24.8 Å². The van der Waals surface area contributed by atoms with E-state index in [-0.39, 0.29) is 11.5 Å². The number of hydrogen-bond donors (Lipinski definition) is 3. The highest BCUT2D eigenvalue weighted by molar-refractivity contribution is 6.35. The minimum absolute atomic E-state index is 0.270. The molecule has 4 aromatic rings. The number of nitrogens with zero attached hydrogens (tertiary/aromatic N) is 5. The van der Waals surface area contributed by atoms with Gasteiger partial charge in [0.25, 0.3) is 5.56 Å². The van der Waals surface area contributed by atoms with Crippen LogP contribution in [0.5, 0.6) is 11.5 Å². The Morgan fingerprint density at radius 3 is 2.41 bits per heavy atom. The lowest BCUT2D eigenvalue weighted by molar-refractivity contribution is -0.111. The van der Waals surface area contributed by atoms with E-state index in [4.69, 9.17) is 26.1 Å². The van der Waals surface area contributed by atoms with Gasteiger partial charge in [-0.05, 0) is 56.2 Å². The molecule has 1 aliphatic heterocycles. The van der Waals surface area contributed by atoms with Crippen molar-refractivity contribution in [2.75, 3.05) is 70.7 Å². The Morgan fingerprint density at radius 2 is 1.76 bits per heavy atom. The summed E-state index contributed by atoms with van der Waals surface area (Å²) in [5.74, 6) is 1.03. The summed E-state index contributed by atoms with van der Waals surface area (Å²) in [7, 11) is 3.05. The lowest BCUT2D eigenvalue weighted by atomic mass is 10.0. The van der Waals surface area contributed by atoms with Crippen molar-refractivity contribution in [3.8, 4) is 22.6 Å². The number of carbonyl (C=O) groups is 1. The van der Waals surface area contributed by atoms with Gasteiger partial charge >= 0.3 is 0 Å². The molecule has 12 nitrogen and oxygen atoms in total. The summed E-state index contributed by atoms with van der Waals surface area (Å²) in [6.45, 7) is 13.2. The van der Waals surface area contributed by atoms with E-state index < -0.39 is 5.60 Å². The first kappa shape index (κ1) is 35.8. The normalized spacial score (nSPS) is 14.1. The molecule has 49 heavy (non-hydrogen) atoms. The van der Waals surface area contributed by atoms with Gasteiger partial charge < -0.3 is 25.2 Å². The predicted octanol–water partition coefficient (Wildman–Crippen LogP) is 4.30. The van der Waals surface area contributed by atoms with E-state index in [0.29, 0.717) is 76.4 Å². The lowest BCUT2D eigenvalue weighted by Crippen LogP contribution is -2.51. The average Bonchev–Trinajstić information content (AvgIpc) is 3.08. The molecule has 260 valence electrons. The van der Waals surface area contributed by atoms with Crippen molar-refractivity contribution in [3.05, 3.63) is 82.3 Å². The van der Waals surface area contributed by atoms with Crippen LogP contribution in [0.25, 0.3) is 22.2 Å². The van der Waals surface area contributed by atoms with Crippen LogP contribution in [0.3, 0.4) is 0 Å². The Labute approximate surface area is 291 Å². The summed E-state index contributed by atoms with van der Waals surface area (Å²) < 4.78 is 12.6. The van der Waals surface area contributed by atoms with E-state index in [2.05, 4.69) is 32.0 Å². The molecule has 0 aliphatic carbocycles. The smallest absolute Gasteiger partial charge is 0.260 e. The number of halogens is 1. The van der Waals surface area contributed by atoms with E-state index in [1.807, 2.05) is 38.1 Å². The Kier molecular flexibility index (Phi) is 11.6. The van der Waals surface area contributed by atoms with Crippen LogP contribution < -0.4 is 25.7 Å². The minimum Gasteiger partial charge on any atom is -0.497 e. The maximum absolute atomic E-state index is 14.3. The molecule has 0 spiro atoms. The van der Waals surface area contributed by atoms with E-state index >= 15 is 0 Å². The number of rotatable bonds is 14. The van der Waals surface area contributed by atoms with Crippen molar-refractivity contribution in [2.24, 2.45) is 0 Å². The molecular weight excluding hydrogens is 646 g/mol. The number of aliphatic hydroxyl groups is 1. The highest BCUT2D eigenvalue weighted by atomic mass is 35.5. The molecule has 0 unspecified atom stereocenters. The van der Waals surface area contributed by atoms with Gasteiger partial charge in [-0.1, -0.05) is 30.3 Å². The molecule has 13 heteroatoms. The fourth-order valence-corrected chi connectivity index (χ4v) is 6.20. The molecule has 2 aromatic carbocycles. The number of aromatic nitrogens is 3. The molecule has 5 rings (SSSR count). The highest BCUT2D eigenvalue weighted by Gasteiger charge is 2.23. The zero-order chi connectivity index (χ0) is 35.1. The van der Waals surface area contributed by atoms with Gasteiger partial charge in [-0.15, -0.1) is 0 Å². The minimum atomic E-state index is -0.707. The topological polar surface area (TPSA) is 134 Å². The number of pyridine rings is 1. The molecule has 0 radical (unpaired) electrons. The number of benzene rings is 2. The predicted molar refractivity (Wildman–Crippen MR) is 194 cm³/mol. The number of piperazine rings is 1. The maximum Gasteiger partial charge on any atom is 0.260 e. The summed E-state index contributed by atoms with van der Waals surface area (Å²) in [6.07, 6.45) is 3.45. The number of methoxy groups -OCH3 is 2. The third-order valence-corrected chi connectivity index (χ3v) is 8.79. The molecule has 1 aliphatic rings. The van der Waals surface area contributed by atoms with E-state index in [0.717, 1.165) is 38.3 Å². The van der Waals surface area contributed by atoms with Crippen molar-refractivity contribution >= 4 is 40.2 Å². The summed E-state index contributed by atoms with van der Waals surface area (Å²) >= 11 is 6.74. The van der Waals surface area contributed by atoms with Gasteiger partial charge in [0.2, 0.25) is 11.9 Å². The zero-order valence-corrected chi connectivity index (χ0v) is 29.2. The van der Waals surface area contributed by atoms with Gasteiger partial charge in [0.1, 0.15) is 17.1 Å². The van der Waals surface area contributed by atoms with Crippen LogP contribution in [0.15, 0.2) is 66.1 Å². The molecule has 0 saturated carbocycles. The van der Waals surface area contributed by atoms with E-state index in [1.165, 1.54) is 13.2 Å². The summed E-state index contributed by atoms with van der Waals surface area (Å²) in [4.78, 5) is 40.0. The second kappa shape index (κ2) is 15.8. The number of nitrogens with one attached hydrogen (secondary N) is 2. The van der Waals surface area contributed by atoms with Crippen LogP contribution in [0.4, 0.5) is 11.6 Å². The second-order valence-corrected chi connectivity index (χ2v) is 13.1. The van der Waals surface area contributed by atoms with Crippen LogP contribution in [-0.2, 0) is 17.8 Å². The molecule has 3 N–H and O–H groups in total. The Bertz CT molecular complexity index is 1850. The number of anilines is 2. The SMILES string of the molecule is C=CC(=O)Nc1ccc(CCn2c(=O)c(-c3cc(OC)cc(OC)c3Cl)cc3cnc(NCCN4CCN(CC(C)(C)O)CC4)nc32)cc1. The molecule has 0 bridgehead atoms. The Balaban J connectivity index is 1.41. The van der Waals surface area contributed by atoms with Gasteiger partial charge in [-0.3, -0.25) is 24.0 Å². The van der Waals surface area contributed by atoms with Gasteiger partial charge in [-0.25, -0.2) is 4.98 Å². The molecular formula is C36H44ClN7O5. The van der Waals surface area contributed by atoms with Crippen LogP contribution >= 0.6 is 11.6 Å². The molecule has 0 atom stereocenters. The number of amides is 1. The quantitative estimate of drug-likeness (QED) is 0.165. The summed E-state index contributed by atoms with van der Waals surface area (Å²) in [5.41, 5.74) is 1.98. The molecule has 1 fully saturated rings. The van der Waals surface area contributed by atoms with Crippen molar-refractivity contribution in [1.82, 2.24) is 24.3 Å². The fourth-order valence-electron chi connectivity index (χ4n) is 5.91. The molecule has 1 amide bonds. The van der Waals surface area contributed by atoms with Crippen molar-refractivity contribution in [3.63, 3.8) is 0 Å². The van der Waals surface area contributed by atoms with Crippen molar-refractivity contribution in [2.45, 2.75) is 32.4 Å². The Morgan fingerprint density at radius 1 is 1.04 bits per heavy atom. The van der Waals surface area contributed by atoms with Gasteiger partial charge in [0.15, 0.2) is 0 Å². The largest absolute Gasteiger partial charge is 0.497 e. The lowest BCUT2D eigenvalue weighted by Gasteiger charge is -2.37. The number of carbonyl (C=O) groups excluding carboxylic acids is 1. The van der Waals surface area contributed by atoms with Crippen molar-refractivity contribution in [1.29, 1.82) is 0 Å². The second-order valence-electron chi connectivity index (χ2n) is 12.7. The maximum atomic E-state index is 14.3. The summed E-state index contributed by atoms with van der Waals surface area (Å²) in [6, 6.07) is 12.6. The third kappa shape index (κ3) is 9.15. The van der Waals surface area contributed by atoms with Crippen LogP contribution in [0.2, 0.25) is 5.02 Å². The standard InChI is InChI=1S/C36H44ClN7O5/c1-6-31(45)40-26-9-7-24(8-10-26)11-13-44-33-25(19-29(34(44)46)28-20-27(48-4)21-30(49-5)32(28)37)22-39-35(41-33)38-12-14-42-15-17-43(18-16-42)23-36(2,3)47/h6-10,19-22,47H,1,11-18,23H2,2-5H3,(H,40,45)(H,38,39,41). The van der Waals surface area contributed by atoms with Crippen LogP contribution in [0, 0.1) is 0 Å². The third-order valence-electron chi connectivity index (χ3n) is 8.40. The molecule has 1 saturated heterocycles. The van der Waals surface area contributed by atoms with Crippen molar-refractivity contribution < 1.29 is 19.4 Å². The first-order chi connectivity index (χ1) is 23.5. The van der Waals surface area contributed by atoms with Crippen LogP contribution in [0.1, 0.15) is 19.4 Å². The first-order valence-corrected chi connectivity index (χ1v) is 16.6. The number of aryl methyl sites for hydroxylation is 2. The summed E-state index contributed by atoms with van der Waals surface area (Å²) in [5, 5.41) is 17.2. The average molecular weight is 690 g/mol. The molecule has 3 heterocycles. The molecule has 2 aromatic heterocycles. The van der Waals surface area contributed by atoms with Gasteiger partial charge in [-0.2, -0.15) is 4.98 Å². The van der Waals surface area contributed by atoms with E-state index in [9.17, 15) is 14.7 Å². The van der Waals surface area contributed by atoms with Gasteiger partial charge in [0, 0.05) is 86.8 Å². The number of β-amino-alcohol motifs (C(OH)–C–C–N with tert-alkyl or cyclic N) is 1. The van der Waals surface area contributed by atoms with Crippen LogP contribution in [-0.4, -0.2) is 101 Å². The number of hydrogen-bond acceptors (Lipinski definition) is 10. The monoisotopic (exact) mass is 689 g/mol. The number of fused-ring (bicyclic) bond motifs is 1. The highest BCUT2D eigenvalue weighted by Crippen LogP contribution is 2.38. The fraction of sp³-hybridized carbons (Fsp3) is 0.389. The Hall–Kier alpha value is -4.49.